The molecule has 1 saturated heterocycles. The minimum absolute atomic E-state index is 0.102. The number of amides is 2. The van der Waals surface area contributed by atoms with Crippen LogP contribution < -0.4 is 0 Å². The summed E-state index contributed by atoms with van der Waals surface area (Å²) in [4.78, 5) is 30.7. The quantitative estimate of drug-likeness (QED) is 0.832. The van der Waals surface area contributed by atoms with E-state index in [0.717, 1.165) is 11.1 Å². The molecule has 5 nitrogen and oxygen atoms in total. The number of carbonyl (C=O) groups is 2. The Morgan fingerprint density at radius 3 is 2.44 bits per heavy atom. The molecule has 1 aromatic carbocycles. The van der Waals surface area contributed by atoms with Crippen LogP contribution in [0.25, 0.3) is 11.1 Å². The fraction of sp³-hybridized carbons (Fsp3) is 0.222. The van der Waals surface area contributed by atoms with Crippen molar-refractivity contribution in [3.8, 4) is 11.1 Å². The van der Waals surface area contributed by atoms with E-state index in [1.165, 1.54) is 6.08 Å². The van der Waals surface area contributed by atoms with E-state index in [0.29, 0.717) is 41.9 Å². The second kappa shape index (κ2) is 7.33. The lowest BCUT2D eigenvalue weighted by Crippen LogP contribution is -2.50. The molecule has 25 heavy (non-hydrogen) atoms. The lowest BCUT2D eigenvalue weighted by atomic mass is 10.1. The highest BCUT2D eigenvalue weighted by Gasteiger charge is 2.24. The first-order valence-corrected chi connectivity index (χ1v) is 8.59. The lowest BCUT2D eigenvalue weighted by Gasteiger charge is -2.34. The number of aromatic amines is 1. The van der Waals surface area contributed by atoms with Gasteiger partial charge in [0.15, 0.2) is 0 Å². The van der Waals surface area contributed by atoms with Gasteiger partial charge in [-0.3, -0.25) is 9.59 Å². The van der Waals surface area contributed by atoms with Gasteiger partial charge in [-0.25, -0.2) is 0 Å². The second-order valence-electron chi connectivity index (χ2n) is 5.75. The highest BCUT2D eigenvalue weighted by atomic mass is 35.5. The molecule has 2 heterocycles. The minimum atomic E-state index is -0.107. The maximum atomic E-state index is 12.7. The van der Waals surface area contributed by atoms with Crippen LogP contribution in [-0.4, -0.2) is 52.8 Å². The van der Waals surface area contributed by atoms with E-state index >= 15 is 0 Å². The van der Waals surface area contributed by atoms with Crippen LogP contribution in [0.2, 0.25) is 10.0 Å². The summed E-state index contributed by atoms with van der Waals surface area (Å²) < 4.78 is 0. The van der Waals surface area contributed by atoms with Gasteiger partial charge in [0.2, 0.25) is 5.91 Å². The van der Waals surface area contributed by atoms with Gasteiger partial charge in [-0.2, -0.15) is 0 Å². The first kappa shape index (κ1) is 17.6. The van der Waals surface area contributed by atoms with Gasteiger partial charge in [0, 0.05) is 53.5 Å². The summed E-state index contributed by atoms with van der Waals surface area (Å²) in [5, 5.41) is 1.15. The first-order chi connectivity index (χ1) is 12.0. The largest absolute Gasteiger partial charge is 0.357 e. The molecule has 2 aromatic rings. The van der Waals surface area contributed by atoms with Crippen molar-refractivity contribution in [3.05, 3.63) is 58.9 Å². The Bertz CT molecular complexity index is 823. The molecule has 7 heteroatoms. The SMILES string of the molecule is C=CC(=O)N1CCN(C(=O)c2cc(-c3cc(Cl)ccc3Cl)c[nH]2)CC1. The number of halogens is 2. The molecule has 1 N–H and O–H groups in total. The molecule has 2 amide bonds. The van der Waals surface area contributed by atoms with Gasteiger partial charge in [0.1, 0.15) is 5.69 Å². The van der Waals surface area contributed by atoms with Gasteiger partial charge in [-0.15, -0.1) is 0 Å². The van der Waals surface area contributed by atoms with E-state index in [1.807, 2.05) is 0 Å². The number of benzene rings is 1. The van der Waals surface area contributed by atoms with Crippen molar-refractivity contribution in [1.29, 1.82) is 0 Å². The average Bonchev–Trinajstić information content (AvgIpc) is 3.12. The number of hydrogen-bond acceptors (Lipinski definition) is 2. The maximum absolute atomic E-state index is 12.7. The van der Waals surface area contributed by atoms with Crippen molar-refractivity contribution in [2.24, 2.45) is 0 Å². The Labute approximate surface area is 155 Å². The van der Waals surface area contributed by atoms with Crippen molar-refractivity contribution in [2.45, 2.75) is 0 Å². The molecule has 1 fully saturated rings. The smallest absolute Gasteiger partial charge is 0.270 e. The molecule has 0 radical (unpaired) electrons. The van der Waals surface area contributed by atoms with Gasteiger partial charge in [-0.1, -0.05) is 29.8 Å². The summed E-state index contributed by atoms with van der Waals surface area (Å²) in [6, 6.07) is 6.97. The highest BCUT2D eigenvalue weighted by molar-refractivity contribution is 6.35. The topological polar surface area (TPSA) is 56.4 Å². The van der Waals surface area contributed by atoms with Crippen LogP contribution in [0.1, 0.15) is 10.5 Å². The van der Waals surface area contributed by atoms with Crippen LogP contribution >= 0.6 is 23.2 Å². The van der Waals surface area contributed by atoms with Gasteiger partial charge < -0.3 is 14.8 Å². The van der Waals surface area contributed by atoms with E-state index in [4.69, 9.17) is 23.2 Å². The average molecular weight is 378 g/mol. The zero-order chi connectivity index (χ0) is 18.0. The van der Waals surface area contributed by atoms with Crippen molar-refractivity contribution in [3.63, 3.8) is 0 Å². The Morgan fingerprint density at radius 1 is 1.08 bits per heavy atom. The standard InChI is InChI=1S/C18H17Cl2N3O2/c1-2-17(24)22-5-7-23(8-6-22)18(25)16-9-12(11-21-16)14-10-13(19)3-4-15(14)20/h2-4,9-11,21H,1,5-8H2. The summed E-state index contributed by atoms with van der Waals surface area (Å²) >= 11 is 12.2. The van der Waals surface area contributed by atoms with Gasteiger partial charge in [-0.05, 0) is 30.3 Å². The third-order valence-corrected chi connectivity index (χ3v) is 4.77. The predicted molar refractivity (Wildman–Crippen MR) is 98.9 cm³/mol. The van der Waals surface area contributed by atoms with Crippen LogP contribution in [0.15, 0.2) is 43.1 Å². The van der Waals surface area contributed by atoms with Crippen molar-refractivity contribution in [1.82, 2.24) is 14.8 Å². The number of nitrogens with one attached hydrogen (secondary N) is 1. The number of rotatable bonds is 3. The summed E-state index contributed by atoms with van der Waals surface area (Å²) in [5.41, 5.74) is 2.05. The molecule has 130 valence electrons. The van der Waals surface area contributed by atoms with Crippen molar-refractivity contribution < 1.29 is 9.59 Å². The maximum Gasteiger partial charge on any atom is 0.270 e. The third kappa shape index (κ3) is 3.72. The third-order valence-electron chi connectivity index (χ3n) is 4.21. The van der Waals surface area contributed by atoms with E-state index in [2.05, 4.69) is 11.6 Å². The second-order valence-corrected chi connectivity index (χ2v) is 6.59. The summed E-state index contributed by atoms with van der Waals surface area (Å²) in [7, 11) is 0. The number of aromatic nitrogens is 1. The van der Waals surface area contributed by atoms with E-state index < -0.39 is 0 Å². The molecule has 1 aliphatic rings. The minimum Gasteiger partial charge on any atom is -0.357 e. The van der Waals surface area contributed by atoms with Crippen LogP contribution in [0.3, 0.4) is 0 Å². The molecule has 1 aliphatic heterocycles. The number of piperazine rings is 1. The highest BCUT2D eigenvalue weighted by Crippen LogP contribution is 2.31. The van der Waals surface area contributed by atoms with Crippen molar-refractivity contribution in [2.75, 3.05) is 26.2 Å². The number of H-pyrrole nitrogens is 1. The molecule has 0 bridgehead atoms. The Kier molecular flexibility index (Phi) is 5.16. The molecule has 1 aromatic heterocycles. The molecule has 0 aliphatic carbocycles. The van der Waals surface area contributed by atoms with Crippen LogP contribution in [0, 0.1) is 0 Å². The van der Waals surface area contributed by atoms with E-state index in [9.17, 15) is 9.59 Å². The predicted octanol–water partition coefficient (Wildman–Crippen LogP) is 3.46. The Morgan fingerprint density at radius 2 is 1.76 bits per heavy atom. The van der Waals surface area contributed by atoms with Crippen molar-refractivity contribution >= 4 is 35.0 Å². The van der Waals surface area contributed by atoms with Gasteiger partial charge in [0.05, 0.1) is 0 Å². The van der Waals surface area contributed by atoms with Gasteiger partial charge in [0.25, 0.3) is 5.91 Å². The summed E-state index contributed by atoms with van der Waals surface area (Å²) in [6.45, 7) is 5.48. The van der Waals surface area contributed by atoms with E-state index in [1.54, 1.807) is 40.3 Å². The first-order valence-electron chi connectivity index (χ1n) is 7.84. The fourth-order valence-electron chi connectivity index (χ4n) is 2.82. The molecule has 0 spiro atoms. The zero-order valence-electron chi connectivity index (χ0n) is 13.5. The number of nitrogens with zero attached hydrogens (tertiary/aromatic N) is 2. The van der Waals surface area contributed by atoms with Gasteiger partial charge >= 0.3 is 0 Å². The molecule has 0 unspecified atom stereocenters. The number of carbonyl (C=O) groups excluding carboxylic acids is 2. The molecular weight excluding hydrogens is 361 g/mol. The Hall–Kier alpha value is -2.24. The monoisotopic (exact) mass is 377 g/mol. The molecule has 3 rings (SSSR count). The molecule has 0 saturated carbocycles. The Balaban J connectivity index is 1.72. The fourth-order valence-corrected chi connectivity index (χ4v) is 3.22. The van der Waals surface area contributed by atoms with E-state index in [-0.39, 0.29) is 11.8 Å². The number of hydrogen-bond donors (Lipinski definition) is 1. The van der Waals surface area contributed by atoms with Crippen LogP contribution in [0.4, 0.5) is 0 Å². The van der Waals surface area contributed by atoms with Crippen LogP contribution in [-0.2, 0) is 4.79 Å². The zero-order valence-corrected chi connectivity index (χ0v) is 15.0. The normalized spacial score (nSPS) is 14.5. The molecule has 0 atom stereocenters. The summed E-state index contributed by atoms with van der Waals surface area (Å²) in [6.07, 6.45) is 3.03. The summed E-state index contributed by atoms with van der Waals surface area (Å²) in [5.74, 6) is -0.208. The van der Waals surface area contributed by atoms with Crippen LogP contribution in [0.5, 0.6) is 0 Å². The molecular formula is C18H17Cl2N3O2. The lowest BCUT2D eigenvalue weighted by molar-refractivity contribution is -0.127.